The van der Waals surface area contributed by atoms with Crippen molar-refractivity contribution in [3.8, 4) is 11.1 Å². The summed E-state index contributed by atoms with van der Waals surface area (Å²) in [5.74, 6) is 0.758. The second-order valence-electron chi connectivity index (χ2n) is 12.9. The zero-order valence-corrected chi connectivity index (χ0v) is 25.3. The monoisotopic (exact) mass is 585 g/mol. The Labute approximate surface area is 243 Å². The van der Waals surface area contributed by atoms with Crippen LogP contribution >= 0.6 is 0 Å². The molecule has 0 spiro atoms. The van der Waals surface area contributed by atoms with Crippen LogP contribution < -0.4 is 10.0 Å². The van der Waals surface area contributed by atoms with Gasteiger partial charge in [0.15, 0.2) is 0 Å². The van der Waals surface area contributed by atoms with Crippen LogP contribution in [0.1, 0.15) is 46.1 Å². The number of rotatable bonds is 9. The highest BCUT2D eigenvalue weighted by molar-refractivity contribution is 7.92. The number of nitrogens with zero attached hydrogens (tertiary/aromatic N) is 1. The Morgan fingerprint density at radius 3 is 2.44 bits per heavy atom. The normalized spacial score (nSPS) is 31.7. The molecule has 1 unspecified atom stereocenters. The van der Waals surface area contributed by atoms with E-state index < -0.39 is 34.2 Å². The van der Waals surface area contributed by atoms with Crippen LogP contribution in [0.4, 0.5) is 5.69 Å². The molecule has 3 saturated carbocycles. The molecule has 2 aromatic rings. The van der Waals surface area contributed by atoms with Crippen LogP contribution in [0.2, 0.25) is 0 Å². The molecule has 9 nitrogen and oxygen atoms in total. The summed E-state index contributed by atoms with van der Waals surface area (Å²) >= 11 is 0. The van der Waals surface area contributed by atoms with Crippen molar-refractivity contribution < 1.29 is 28.3 Å². The maximum atomic E-state index is 13.9. The smallest absolute Gasteiger partial charge is 0.240 e. The molecule has 4 aliphatic rings. The molecule has 1 saturated heterocycles. The number of hydroxylamine groups is 2. The molecular formula is C31H43N3O6S. The number of anilines is 1. The molecule has 8 atom stereocenters. The number of benzene rings is 2. The maximum absolute atomic E-state index is 13.9. The quantitative estimate of drug-likeness (QED) is 0.355. The van der Waals surface area contributed by atoms with Gasteiger partial charge in [0.1, 0.15) is 12.1 Å². The van der Waals surface area contributed by atoms with E-state index in [0.717, 1.165) is 29.4 Å². The Hall–Kier alpha value is -2.50. The van der Waals surface area contributed by atoms with Gasteiger partial charge in [-0.15, -0.1) is 0 Å². The van der Waals surface area contributed by atoms with Gasteiger partial charge >= 0.3 is 0 Å². The molecule has 0 aromatic heterocycles. The summed E-state index contributed by atoms with van der Waals surface area (Å²) in [6, 6.07) is 14.2. The Kier molecular flexibility index (Phi) is 8.26. The average Bonchev–Trinajstić information content (AvgIpc) is 3.27. The SMILES string of the molecule is C[C@H](O)[C@@H]1[C@H](CO)ON(Cc2cccc(-c3cccc(NS(C)(=O)=O)c3)c2)[C@@H]1C(=O)NC1C[C@H]2C[C@@H]([C@@H]1C)C2(C)C. The first-order valence-corrected chi connectivity index (χ1v) is 16.4. The standard InChI is InChI=1S/C31H43N3O6S/c1-18-25-14-23(31(25,3)4)15-26(18)32-30(37)29-28(19(2)36)27(17-35)40-34(29)16-20-8-6-9-21(12-20)22-10-7-11-24(13-22)33-41(5,38)39/h6-13,18-19,23,25-29,33,35-36H,14-17H2,1-5H3,(H,32,37)/t18-,19-,23+,25-,26?,27-,28+,29-/m0/s1. The lowest BCUT2D eigenvalue weighted by Crippen LogP contribution is -2.62. The minimum absolute atomic E-state index is 0.0695. The number of fused-ring (bicyclic) bond motifs is 2. The Morgan fingerprint density at radius 1 is 1.15 bits per heavy atom. The Balaban J connectivity index is 1.36. The van der Waals surface area contributed by atoms with Crippen molar-refractivity contribution in [3.05, 3.63) is 54.1 Å². The molecule has 2 bridgehead atoms. The van der Waals surface area contributed by atoms with Crippen LogP contribution in [0.5, 0.6) is 0 Å². The van der Waals surface area contributed by atoms with Crippen LogP contribution in [0.25, 0.3) is 11.1 Å². The van der Waals surface area contributed by atoms with Gasteiger partial charge < -0.3 is 15.5 Å². The van der Waals surface area contributed by atoms with E-state index >= 15 is 0 Å². The van der Waals surface area contributed by atoms with E-state index in [1.165, 1.54) is 6.42 Å². The largest absolute Gasteiger partial charge is 0.394 e. The van der Waals surface area contributed by atoms with E-state index in [2.05, 4.69) is 30.8 Å². The molecule has 6 rings (SSSR count). The van der Waals surface area contributed by atoms with Crippen LogP contribution in [0, 0.1) is 29.1 Å². The van der Waals surface area contributed by atoms with Gasteiger partial charge in [0, 0.05) is 17.6 Å². The summed E-state index contributed by atoms with van der Waals surface area (Å²) < 4.78 is 25.9. The number of nitrogens with one attached hydrogen (secondary N) is 2. The number of aliphatic hydroxyl groups is 2. The molecule has 3 aliphatic carbocycles. The number of carbonyl (C=O) groups is 1. The van der Waals surface area contributed by atoms with Crippen molar-refractivity contribution in [2.24, 2.45) is 29.1 Å². The zero-order chi connectivity index (χ0) is 29.7. The van der Waals surface area contributed by atoms with Gasteiger partial charge in [-0.05, 0) is 77.8 Å². The average molecular weight is 586 g/mol. The molecule has 1 heterocycles. The fraction of sp³-hybridized carbons (Fsp3) is 0.581. The predicted octanol–water partition coefficient (Wildman–Crippen LogP) is 3.39. The highest BCUT2D eigenvalue weighted by Crippen LogP contribution is 2.61. The van der Waals surface area contributed by atoms with E-state index in [1.54, 1.807) is 30.2 Å². The van der Waals surface area contributed by atoms with Crippen LogP contribution in [-0.2, 0) is 26.2 Å². The Bertz CT molecular complexity index is 1380. The second kappa shape index (κ2) is 11.3. The predicted molar refractivity (Wildman–Crippen MR) is 158 cm³/mol. The lowest BCUT2D eigenvalue weighted by atomic mass is 9.45. The van der Waals surface area contributed by atoms with Gasteiger partial charge in [-0.1, -0.05) is 51.1 Å². The second-order valence-corrected chi connectivity index (χ2v) is 14.6. The fourth-order valence-electron chi connectivity index (χ4n) is 7.49. The van der Waals surface area contributed by atoms with E-state index in [-0.39, 0.29) is 25.1 Å². The van der Waals surface area contributed by atoms with Crippen molar-refractivity contribution in [2.45, 2.75) is 71.4 Å². The molecule has 4 N–H and O–H groups in total. The van der Waals surface area contributed by atoms with Crippen molar-refractivity contribution in [2.75, 3.05) is 17.6 Å². The third-order valence-electron chi connectivity index (χ3n) is 9.83. The summed E-state index contributed by atoms with van der Waals surface area (Å²) in [5, 5.41) is 25.7. The van der Waals surface area contributed by atoms with Gasteiger partial charge in [0.25, 0.3) is 0 Å². The van der Waals surface area contributed by atoms with Gasteiger partial charge in [-0.2, -0.15) is 5.06 Å². The summed E-state index contributed by atoms with van der Waals surface area (Å²) in [5.41, 5.74) is 3.36. The lowest BCUT2D eigenvalue weighted by molar-refractivity contribution is -0.183. The van der Waals surface area contributed by atoms with Crippen LogP contribution in [-0.4, -0.2) is 66.8 Å². The van der Waals surface area contributed by atoms with E-state index in [4.69, 9.17) is 4.84 Å². The highest BCUT2D eigenvalue weighted by Gasteiger charge is 2.57. The van der Waals surface area contributed by atoms with Crippen molar-refractivity contribution in [1.29, 1.82) is 0 Å². The maximum Gasteiger partial charge on any atom is 0.240 e. The van der Waals surface area contributed by atoms with E-state index in [0.29, 0.717) is 28.9 Å². The molecule has 41 heavy (non-hydrogen) atoms. The van der Waals surface area contributed by atoms with Crippen LogP contribution in [0.3, 0.4) is 0 Å². The number of hydrogen-bond donors (Lipinski definition) is 4. The molecule has 4 fully saturated rings. The first-order chi connectivity index (χ1) is 19.3. The molecule has 1 aliphatic heterocycles. The molecule has 0 radical (unpaired) electrons. The third kappa shape index (κ3) is 6.03. The third-order valence-corrected chi connectivity index (χ3v) is 10.4. The molecule has 1 amide bonds. The van der Waals surface area contributed by atoms with Gasteiger partial charge in [-0.3, -0.25) is 14.4 Å². The summed E-state index contributed by atoms with van der Waals surface area (Å²) in [4.78, 5) is 20.0. The van der Waals surface area contributed by atoms with Crippen molar-refractivity contribution in [1.82, 2.24) is 10.4 Å². The molecule has 2 aromatic carbocycles. The highest BCUT2D eigenvalue weighted by atomic mass is 32.2. The number of aliphatic hydroxyl groups excluding tert-OH is 2. The van der Waals surface area contributed by atoms with Gasteiger partial charge in [-0.25, -0.2) is 8.42 Å². The summed E-state index contributed by atoms with van der Waals surface area (Å²) in [6.07, 6.45) is 1.71. The zero-order valence-electron chi connectivity index (χ0n) is 24.4. The Morgan fingerprint density at radius 2 is 1.83 bits per heavy atom. The summed E-state index contributed by atoms with van der Waals surface area (Å²) in [7, 11) is -3.41. The lowest BCUT2D eigenvalue weighted by Gasteiger charge is -2.62. The minimum atomic E-state index is -3.41. The van der Waals surface area contributed by atoms with Gasteiger partial charge in [0.2, 0.25) is 15.9 Å². The van der Waals surface area contributed by atoms with Gasteiger partial charge in [0.05, 0.1) is 25.5 Å². The fourth-order valence-corrected chi connectivity index (χ4v) is 8.04. The topological polar surface area (TPSA) is 128 Å². The minimum Gasteiger partial charge on any atom is -0.394 e. The van der Waals surface area contributed by atoms with Crippen molar-refractivity contribution in [3.63, 3.8) is 0 Å². The van der Waals surface area contributed by atoms with Crippen LogP contribution in [0.15, 0.2) is 48.5 Å². The van der Waals surface area contributed by atoms with E-state index in [1.807, 2.05) is 30.3 Å². The number of sulfonamides is 1. The van der Waals surface area contributed by atoms with Crippen molar-refractivity contribution >= 4 is 21.6 Å². The van der Waals surface area contributed by atoms with E-state index in [9.17, 15) is 23.4 Å². The first kappa shape index (κ1) is 30.0. The molecule has 10 heteroatoms. The first-order valence-electron chi connectivity index (χ1n) is 14.5. The number of hydrogen-bond acceptors (Lipinski definition) is 7. The molecule has 224 valence electrons. The molecular weight excluding hydrogens is 542 g/mol. The number of carbonyl (C=O) groups excluding carboxylic acids is 1. The number of amides is 1. The summed E-state index contributed by atoms with van der Waals surface area (Å²) in [6.45, 7) is 8.48.